The summed E-state index contributed by atoms with van der Waals surface area (Å²) in [4.78, 5) is 16.8. The molecule has 0 saturated heterocycles. The summed E-state index contributed by atoms with van der Waals surface area (Å²) in [7, 11) is 1.84. The van der Waals surface area contributed by atoms with Crippen molar-refractivity contribution in [1.82, 2.24) is 29.7 Å². The van der Waals surface area contributed by atoms with E-state index >= 15 is 0 Å². The number of nitrogens with zero attached hydrogens (tertiary/aromatic N) is 6. The predicted octanol–water partition coefficient (Wildman–Crippen LogP) is 0.485. The highest BCUT2D eigenvalue weighted by atomic mass is 16.5. The second-order valence-corrected chi connectivity index (χ2v) is 4.24. The fraction of sp³-hybridized carbons (Fsp3) is 0.583. The van der Waals surface area contributed by atoms with E-state index in [2.05, 4.69) is 35.7 Å². The number of rotatable bonds is 8. The van der Waals surface area contributed by atoms with E-state index < -0.39 is 0 Å². The molecule has 0 unspecified atom stereocenters. The molecule has 2 heterocycles. The van der Waals surface area contributed by atoms with Crippen LogP contribution in [0.5, 0.6) is 6.01 Å². The van der Waals surface area contributed by atoms with E-state index in [1.807, 2.05) is 20.9 Å². The molecular weight excluding hydrogens is 272 g/mol. The first kappa shape index (κ1) is 14.9. The molecule has 2 N–H and O–H groups in total. The van der Waals surface area contributed by atoms with Gasteiger partial charge in [-0.05, 0) is 13.8 Å². The number of aryl methyl sites for hydroxylation is 1. The normalized spacial score (nSPS) is 10.4. The van der Waals surface area contributed by atoms with Crippen LogP contribution >= 0.6 is 0 Å². The van der Waals surface area contributed by atoms with Crippen molar-refractivity contribution in [3.8, 4) is 6.01 Å². The average molecular weight is 292 g/mol. The lowest BCUT2D eigenvalue weighted by Crippen LogP contribution is -2.13. The predicted molar refractivity (Wildman–Crippen MR) is 78.4 cm³/mol. The van der Waals surface area contributed by atoms with E-state index in [4.69, 9.17) is 4.74 Å². The van der Waals surface area contributed by atoms with E-state index in [0.29, 0.717) is 37.5 Å². The van der Waals surface area contributed by atoms with Crippen molar-refractivity contribution in [1.29, 1.82) is 0 Å². The average Bonchev–Trinajstić information content (AvgIpc) is 2.85. The Balaban J connectivity index is 1.97. The molecule has 114 valence electrons. The first-order chi connectivity index (χ1) is 10.2. The van der Waals surface area contributed by atoms with Gasteiger partial charge in [-0.25, -0.2) is 4.98 Å². The molecule has 0 atom stereocenters. The smallest absolute Gasteiger partial charge is 0.323 e. The third-order valence-electron chi connectivity index (χ3n) is 2.50. The Hall–Kier alpha value is -2.45. The van der Waals surface area contributed by atoms with Gasteiger partial charge in [-0.2, -0.15) is 20.1 Å². The Morgan fingerprint density at radius 3 is 2.52 bits per heavy atom. The van der Waals surface area contributed by atoms with Crippen molar-refractivity contribution in [2.75, 3.05) is 30.3 Å². The summed E-state index contributed by atoms with van der Waals surface area (Å²) >= 11 is 0. The monoisotopic (exact) mass is 292 g/mol. The van der Waals surface area contributed by atoms with Crippen LogP contribution in [0.2, 0.25) is 0 Å². The van der Waals surface area contributed by atoms with Gasteiger partial charge in [0.15, 0.2) is 5.82 Å². The van der Waals surface area contributed by atoms with Crippen molar-refractivity contribution in [3.63, 3.8) is 0 Å². The van der Waals surface area contributed by atoms with Gasteiger partial charge in [0.05, 0.1) is 6.61 Å². The maximum absolute atomic E-state index is 5.33. The summed E-state index contributed by atoms with van der Waals surface area (Å²) in [6, 6.07) is 0.307. The molecule has 0 aromatic carbocycles. The molecule has 0 amide bonds. The van der Waals surface area contributed by atoms with Gasteiger partial charge in [-0.15, -0.1) is 0 Å². The van der Waals surface area contributed by atoms with Crippen LogP contribution < -0.4 is 15.4 Å². The third-order valence-corrected chi connectivity index (χ3v) is 2.50. The van der Waals surface area contributed by atoms with Gasteiger partial charge < -0.3 is 15.4 Å². The van der Waals surface area contributed by atoms with Gasteiger partial charge in [0.2, 0.25) is 11.9 Å². The zero-order chi connectivity index (χ0) is 15.1. The number of hydrogen-bond acceptors (Lipinski definition) is 8. The van der Waals surface area contributed by atoms with E-state index in [1.165, 1.54) is 0 Å². The van der Waals surface area contributed by atoms with Crippen LogP contribution in [0.25, 0.3) is 0 Å². The number of aromatic nitrogens is 6. The molecule has 2 aromatic rings. The summed E-state index contributed by atoms with van der Waals surface area (Å²) in [6.07, 6.45) is 2.36. The lowest BCUT2D eigenvalue weighted by atomic mass is 10.4. The van der Waals surface area contributed by atoms with Crippen LogP contribution in [0.4, 0.5) is 11.9 Å². The molecule has 0 saturated carbocycles. The fourth-order valence-electron chi connectivity index (χ4n) is 1.65. The minimum atomic E-state index is 0.307. The fourth-order valence-corrected chi connectivity index (χ4v) is 1.65. The van der Waals surface area contributed by atoms with Crippen molar-refractivity contribution >= 4 is 11.9 Å². The Morgan fingerprint density at radius 1 is 1.14 bits per heavy atom. The molecule has 0 fully saturated rings. The SMILES string of the molecule is CCNc1nc(NCCc2ncn(C)n2)nc(OCC)n1. The topological polar surface area (TPSA) is 103 Å². The molecular formula is C12H20N8O. The molecule has 2 aromatic heterocycles. The van der Waals surface area contributed by atoms with Crippen LogP contribution in [0.3, 0.4) is 0 Å². The molecule has 2 rings (SSSR count). The number of anilines is 2. The molecule has 9 heteroatoms. The first-order valence-electron chi connectivity index (χ1n) is 6.92. The zero-order valence-corrected chi connectivity index (χ0v) is 12.5. The summed E-state index contributed by atoms with van der Waals surface area (Å²) in [5.41, 5.74) is 0. The summed E-state index contributed by atoms with van der Waals surface area (Å²) < 4.78 is 7.01. The lowest BCUT2D eigenvalue weighted by Gasteiger charge is -2.08. The standard InChI is InChI=1S/C12H20N8O/c1-4-13-10-16-11(18-12(17-10)21-5-2)14-7-6-9-15-8-20(3)19-9/h8H,4-7H2,1-3H3,(H2,13,14,16,17,18). The molecule has 0 aliphatic carbocycles. The molecule has 0 bridgehead atoms. The van der Waals surface area contributed by atoms with Gasteiger partial charge in [-0.1, -0.05) is 0 Å². The van der Waals surface area contributed by atoms with Crippen molar-refractivity contribution in [3.05, 3.63) is 12.2 Å². The van der Waals surface area contributed by atoms with Gasteiger partial charge in [0, 0.05) is 26.6 Å². The minimum Gasteiger partial charge on any atom is -0.464 e. The highest BCUT2D eigenvalue weighted by Crippen LogP contribution is 2.11. The molecule has 0 spiro atoms. The summed E-state index contributed by atoms with van der Waals surface area (Å²) in [6.45, 7) is 5.73. The van der Waals surface area contributed by atoms with Crippen LogP contribution in [-0.2, 0) is 13.5 Å². The van der Waals surface area contributed by atoms with E-state index in [0.717, 1.165) is 12.4 Å². The second-order valence-electron chi connectivity index (χ2n) is 4.24. The summed E-state index contributed by atoms with van der Waals surface area (Å²) in [5.74, 6) is 1.74. The van der Waals surface area contributed by atoms with Crippen LogP contribution in [0, 0.1) is 0 Å². The maximum Gasteiger partial charge on any atom is 0.323 e. The third kappa shape index (κ3) is 4.55. The molecule has 21 heavy (non-hydrogen) atoms. The molecule has 0 aliphatic rings. The quantitative estimate of drug-likeness (QED) is 0.724. The van der Waals surface area contributed by atoms with Crippen LogP contribution in [0.15, 0.2) is 6.33 Å². The van der Waals surface area contributed by atoms with Gasteiger partial charge in [0.1, 0.15) is 6.33 Å². The van der Waals surface area contributed by atoms with Crippen LogP contribution in [-0.4, -0.2) is 49.4 Å². The molecule has 0 aliphatic heterocycles. The Labute approximate surface area is 123 Å². The van der Waals surface area contributed by atoms with Crippen molar-refractivity contribution in [2.24, 2.45) is 7.05 Å². The van der Waals surface area contributed by atoms with Gasteiger partial charge >= 0.3 is 6.01 Å². The van der Waals surface area contributed by atoms with E-state index in [-0.39, 0.29) is 0 Å². The van der Waals surface area contributed by atoms with E-state index in [1.54, 1.807) is 11.0 Å². The van der Waals surface area contributed by atoms with Gasteiger partial charge in [-0.3, -0.25) is 4.68 Å². The number of ether oxygens (including phenoxy) is 1. The van der Waals surface area contributed by atoms with Crippen molar-refractivity contribution < 1.29 is 4.74 Å². The first-order valence-corrected chi connectivity index (χ1v) is 6.92. The Kier molecular flexibility index (Phi) is 5.24. The number of hydrogen-bond donors (Lipinski definition) is 2. The summed E-state index contributed by atoms with van der Waals surface area (Å²) in [5, 5.41) is 10.4. The zero-order valence-electron chi connectivity index (χ0n) is 12.5. The van der Waals surface area contributed by atoms with Gasteiger partial charge in [0.25, 0.3) is 0 Å². The molecule has 9 nitrogen and oxygen atoms in total. The largest absolute Gasteiger partial charge is 0.464 e. The van der Waals surface area contributed by atoms with Crippen LogP contribution in [0.1, 0.15) is 19.7 Å². The Bertz CT molecular complexity index is 546. The molecule has 0 radical (unpaired) electrons. The highest BCUT2D eigenvalue weighted by Gasteiger charge is 2.07. The second kappa shape index (κ2) is 7.36. The lowest BCUT2D eigenvalue weighted by molar-refractivity contribution is 0.312. The van der Waals surface area contributed by atoms with E-state index in [9.17, 15) is 0 Å². The maximum atomic E-state index is 5.33. The minimum absolute atomic E-state index is 0.307. The highest BCUT2D eigenvalue weighted by molar-refractivity contribution is 5.35. The number of nitrogens with one attached hydrogen (secondary N) is 2. The Morgan fingerprint density at radius 2 is 1.90 bits per heavy atom. The van der Waals surface area contributed by atoms with Crippen molar-refractivity contribution in [2.45, 2.75) is 20.3 Å².